The fraction of sp³-hybridized carbons (Fsp3) is 0.857. The molecule has 5 nitrogen and oxygen atoms in total. The van der Waals surface area contributed by atoms with Crippen molar-refractivity contribution < 1.29 is 23.1 Å². The lowest BCUT2D eigenvalue weighted by Gasteiger charge is -2.10. The highest BCUT2D eigenvalue weighted by Crippen LogP contribution is 2.07. The molecule has 13 heavy (non-hydrogen) atoms. The summed E-state index contributed by atoms with van der Waals surface area (Å²) < 4.78 is 27.2. The molecule has 0 aromatic carbocycles. The minimum Gasteiger partial charge on any atom is -0.480 e. The van der Waals surface area contributed by atoms with Crippen LogP contribution in [0, 0.1) is 0 Å². The second-order valence-electron chi connectivity index (χ2n) is 2.59. The number of carboxylic acid groups (broad SMARTS) is 1. The smallest absolute Gasteiger partial charge is 0.321 e. The summed E-state index contributed by atoms with van der Waals surface area (Å²) in [5, 5.41) is 7.29. The first-order chi connectivity index (χ1) is 5.95. The van der Waals surface area contributed by atoms with Crippen LogP contribution in [-0.4, -0.2) is 44.2 Å². The molecule has 0 bridgehead atoms. The molecule has 0 amide bonds. The van der Waals surface area contributed by atoms with Gasteiger partial charge in [-0.3, -0.25) is 4.79 Å². The molecule has 78 valence electrons. The first-order valence-corrected chi connectivity index (χ1v) is 5.60. The molecule has 0 saturated heterocycles. The van der Waals surface area contributed by atoms with E-state index in [0.717, 1.165) is 0 Å². The number of sulfone groups is 1. The van der Waals surface area contributed by atoms with E-state index in [-0.39, 0.29) is 18.8 Å². The van der Waals surface area contributed by atoms with Gasteiger partial charge in [-0.2, -0.15) is 0 Å². The van der Waals surface area contributed by atoms with E-state index in [1.807, 2.05) is 0 Å². The second kappa shape index (κ2) is 5.18. The molecule has 0 aliphatic carbocycles. The van der Waals surface area contributed by atoms with Crippen LogP contribution in [0.15, 0.2) is 0 Å². The molecule has 0 radical (unpaired) electrons. The Morgan fingerprint density at radius 1 is 1.54 bits per heavy atom. The Bertz CT molecular complexity index is 256. The van der Waals surface area contributed by atoms with Gasteiger partial charge in [0.25, 0.3) is 0 Å². The van der Waals surface area contributed by atoms with Crippen molar-refractivity contribution in [2.45, 2.75) is 18.6 Å². The predicted octanol–water partition coefficient (Wildman–Crippen LogP) is -0.0892. The maximum Gasteiger partial charge on any atom is 0.321 e. The average molecular weight is 210 g/mol. The Hall–Kier alpha value is -0.620. The highest BCUT2D eigenvalue weighted by Gasteiger charge is 2.29. The van der Waals surface area contributed by atoms with Crippen LogP contribution in [-0.2, 0) is 19.4 Å². The predicted molar refractivity (Wildman–Crippen MR) is 47.4 cm³/mol. The van der Waals surface area contributed by atoms with Gasteiger partial charge in [0.1, 0.15) is 0 Å². The van der Waals surface area contributed by atoms with Gasteiger partial charge in [-0.15, -0.1) is 0 Å². The Kier molecular flexibility index (Phi) is 4.94. The molecule has 1 N–H and O–H groups in total. The molecule has 0 saturated carbocycles. The van der Waals surface area contributed by atoms with Gasteiger partial charge in [-0.25, -0.2) is 8.42 Å². The molecule has 0 spiro atoms. The Balaban J connectivity index is 4.49. The van der Waals surface area contributed by atoms with Crippen LogP contribution in [0.1, 0.15) is 13.3 Å². The Morgan fingerprint density at radius 3 is 2.38 bits per heavy atom. The molecule has 0 aliphatic heterocycles. The molecule has 1 atom stereocenters. The van der Waals surface area contributed by atoms with Crippen molar-refractivity contribution in [3.8, 4) is 0 Å². The van der Waals surface area contributed by atoms with Gasteiger partial charge in [0, 0.05) is 7.11 Å². The molecule has 0 aromatic rings. The van der Waals surface area contributed by atoms with E-state index >= 15 is 0 Å². The van der Waals surface area contributed by atoms with Crippen molar-refractivity contribution in [1.29, 1.82) is 0 Å². The molecule has 0 fully saturated rings. The highest BCUT2D eigenvalue weighted by molar-refractivity contribution is 7.92. The monoisotopic (exact) mass is 210 g/mol. The summed E-state index contributed by atoms with van der Waals surface area (Å²) >= 11 is 0. The number of carboxylic acids is 1. The number of rotatable bonds is 6. The van der Waals surface area contributed by atoms with Gasteiger partial charge in [0.05, 0.1) is 12.4 Å². The van der Waals surface area contributed by atoms with Crippen LogP contribution < -0.4 is 0 Å². The average Bonchev–Trinajstić information content (AvgIpc) is 2.01. The minimum absolute atomic E-state index is 0.0338. The van der Waals surface area contributed by atoms with Crippen LogP contribution in [0.4, 0.5) is 0 Å². The summed E-state index contributed by atoms with van der Waals surface area (Å²) in [6.07, 6.45) is 0.0847. The Labute approximate surface area is 77.6 Å². The van der Waals surface area contributed by atoms with Crippen LogP contribution in [0.25, 0.3) is 0 Å². The second-order valence-corrected chi connectivity index (χ2v) is 4.90. The SMILES string of the molecule is CCC(C(=O)O)S(=O)(=O)CCOC. The molecule has 0 aliphatic rings. The van der Waals surface area contributed by atoms with Crippen LogP contribution in [0.3, 0.4) is 0 Å². The lowest BCUT2D eigenvalue weighted by atomic mass is 10.3. The number of aliphatic carboxylic acids is 1. The third kappa shape index (κ3) is 3.73. The largest absolute Gasteiger partial charge is 0.480 e. The van der Waals surface area contributed by atoms with Crippen molar-refractivity contribution in [2.24, 2.45) is 0 Å². The fourth-order valence-electron chi connectivity index (χ4n) is 0.924. The summed E-state index contributed by atoms with van der Waals surface area (Å²) in [5.74, 6) is -1.53. The van der Waals surface area contributed by atoms with Crippen molar-refractivity contribution in [3.05, 3.63) is 0 Å². The van der Waals surface area contributed by atoms with Gasteiger partial charge in [0.2, 0.25) is 0 Å². The summed E-state index contributed by atoms with van der Waals surface area (Å²) in [4.78, 5) is 10.5. The fourth-order valence-corrected chi connectivity index (χ4v) is 2.42. The zero-order valence-electron chi connectivity index (χ0n) is 7.69. The van der Waals surface area contributed by atoms with Gasteiger partial charge in [-0.1, -0.05) is 6.92 Å². The Morgan fingerprint density at radius 2 is 2.08 bits per heavy atom. The highest BCUT2D eigenvalue weighted by atomic mass is 32.2. The van der Waals surface area contributed by atoms with E-state index < -0.39 is 21.1 Å². The van der Waals surface area contributed by atoms with Gasteiger partial charge in [-0.05, 0) is 6.42 Å². The normalized spacial score (nSPS) is 14.0. The summed E-state index contributed by atoms with van der Waals surface area (Å²) in [6.45, 7) is 1.56. The first-order valence-electron chi connectivity index (χ1n) is 3.89. The van der Waals surface area contributed by atoms with Gasteiger partial charge < -0.3 is 9.84 Å². The molecular weight excluding hydrogens is 196 g/mol. The van der Waals surface area contributed by atoms with Crippen LogP contribution >= 0.6 is 0 Å². The summed E-state index contributed by atoms with van der Waals surface area (Å²) in [5.41, 5.74) is 0. The number of carbonyl (C=O) groups is 1. The van der Waals surface area contributed by atoms with Gasteiger partial charge in [0.15, 0.2) is 15.1 Å². The number of methoxy groups -OCH3 is 1. The number of ether oxygens (including phenoxy) is 1. The van der Waals surface area contributed by atoms with Gasteiger partial charge >= 0.3 is 5.97 Å². The third-order valence-corrected chi connectivity index (χ3v) is 3.79. The topological polar surface area (TPSA) is 80.7 Å². The van der Waals surface area contributed by atoms with E-state index in [0.29, 0.717) is 0 Å². The lowest BCUT2D eigenvalue weighted by Crippen LogP contribution is -2.32. The molecule has 1 unspecified atom stereocenters. The van der Waals surface area contributed by atoms with E-state index in [4.69, 9.17) is 5.11 Å². The minimum atomic E-state index is -3.56. The van der Waals surface area contributed by atoms with E-state index in [1.165, 1.54) is 14.0 Å². The maximum absolute atomic E-state index is 11.3. The molecule has 0 rings (SSSR count). The zero-order chi connectivity index (χ0) is 10.5. The van der Waals surface area contributed by atoms with Crippen molar-refractivity contribution in [3.63, 3.8) is 0 Å². The first kappa shape index (κ1) is 12.4. The van der Waals surface area contributed by atoms with Crippen LogP contribution in [0.5, 0.6) is 0 Å². The van der Waals surface area contributed by atoms with Crippen molar-refractivity contribution >= 4 is 15.8 Å². The molecule has 0 aromatic heterocycles. The molecular formula is C7H14O5S. The summed E-state index contributed by atoms with van der Waals surface area (Å²) in [7, 11) is -2.19. The quantitative estimate of drug-likeness (QED) is 0.662. The maximum atomic E-state index is 11.3. The zero-order valence-corrected chi connectivity index (χ0v) is 8.50. The van der Waals surface area contributed by atoms with E-state index in [1.54, 1.807) is 0 Å². The number of hydrogen-bond acceptors (Lipinski definition) is 4. The van der Waals surface area contributed by atoms with E-state index in [2.05, 4.69) is 4.74 Å². The third-order valence-electron chi connectivity index (χ3n) is 1.65. The van der Waals surface area contributed by atoms with E-state index in [9.17, 15) is 13.2 Å². The standard InChI is InChI=1S/C7H14O5S/c1-3-6(7(8)9)13(10,11)5-4-12-2/h6H,3-5H2,1-2H3,(H,8,9). The van der Waals surface area contributed by atoms with Crippen molar-refractivity contribution in [2.75, 3.05) is 19.5 Å². The van der Waals surface area contributed by atoms with Crippen molar-refractivity contribution in [1.82, 2.24) is 0 Å². The summed E-state index contributed by atoms with van der Waals surface area (Å²) in [6, 6.07) is 0. The van der Waals surface area contributed by atoms with Crippen LogP contribution in [0.2, 0.25) is 0 Å². The molecule has 6 heteroatoms. The lowest BCUT2D eigenvalue weighted by molar-refractivity contribution is -0.136. The molecule has 0 heterocycles. The number of hydrogen-bond donors (Lipinski definition) is 1.